The second-order valence-electron chi connectivity index (χ2n) is 3.23. The van der Waals surface area contributed by atoms with E-state index in [0.717, 1.165) is 0 Å². The summed E-state index contributed by atoms with van der Waals surface area (Å²) in [7, 11) is -4.30. The minimum absolute atomic E-state index is 0.153. The normalized spacial score (nSPS) is 22.4. The van der Waals surface area contributed by atoms with E-state index in [1.54, 1.807) is 0 Å². The van der Waals surface area contributed by atoms with E-state index >= 15 is 0 Å². The number of rotatable bonds is 2. The molecule has 15 heavy (non-hydrogen) atoms. The Labute approximate surface area is 84.4 Å². The van der Waals surface area contributed by atoms with Gasteiger partial charge in [0.1, 0.15) is 0 Å². The van der Waals surface area contributed by atoms with Gasteiger partial charge >= 0.3 is 11.9 Å². The van der Waals surface area contributed by atoms with E-state index in [2.05, 4.69) is 0 Å². The molecule has 1 fully saturated rings. The first-order valence-electron chi connectivity index (χ1n) is 4.05. The molecule has 2 rings (SSSR count). The highest BCUT2D eigenvalue weighted by Gasteiger charge is 2.48. The van der Waals surface area contributed by atoms with Crippen LogP contribution in [0.5, 0.6) is 0 Å². The van der Waals surface area contributed by atoms with Crippen molar-refractivity contribution in [2.24, 2.45) is 0 Å². The number of aliphatic carboxylic acids is 2. The number of carboxylic acid groups (broad SMARTS) is 2. The number of fused-ring (bicyclic) bond motifs is 1. The number of sulfone groups is 1. The minimum atomic E-state index is -4.30. The predicted octanol–water partition coefficient (Wildman–Crippen LogP) is -0.114. The van der Waals surface area contributed by atoms with Crippen LogP contribution in [0, 0.1) is 0 Å². The lowest BCUT2D eigenvalue weighted by atomic mass is 9.85. The predicted molar refractivity (Wildman–Crippen MR) is 47.5 cm³/mol. The standard InChI is InChI=1S/C8H6O6S/c9-7(10)5-3-1-2-4(3)6(8(11)12)15(5,13)14/h1-2H2,(H,9,10)(H,11,12). The van der Waals surface area contributed by atoms with E-state index in [4.69, 9.17) is 10.2 Å². The van der Waals surface area contributed by atoms with Gasteiger partial charge in [0.15, 0.2) is 9.81 Å². The summed E-state index contributed by atoms with van der Waals surface area (Å²) < 4.78 is 23.1. The molecule has 2 aliphatic rings. The third-order valence-corrected chi connectivity index (χ3v) is 4.38. The molecule has 0 saturated heterocycles. The van der Waals surface area contributed by atoms with Crippen LogP contribution in [0.3, 0.4) is 0 Å². The highest BCUT2D eigenvalue weighted by molar-refractivity contribution is 8.01. The van der Waals surface area contributed by atoms with Crippen molar-refractivity contribution in [1.29, 1.82) is 0 Å². The summed E-state index contributed by atoms with van der Waals surface area (Å²) >= 11 is 0. The fourth-order valence-electron chi connectivity index (χ4n) is 1.79. The topological polar surface area (TPSA) is 109 Å². The van der Waals surface area contributed by atoms with Crippen LogP contribution < -0.4 is 0 Å². The molecule has 0 aromatic rings. The summed E-state index contributed by atoms with van der Waals surface area (Å²) in [6.07, 6.45) is 0.625. The third-order valence-electron chi connectivity index (χ3n) is 2.46. The highest BCUT2D eigenvalue weighted by atomic mass is 32.2. The highest BCUT2D eigenvalue weighted by Crippen LogP contribution is 2.47. The van der Waals surface area contributed by atoms with Crippen LogP contribution in [0.15, 0.2) is 21.0 Å². The monoisotopic (exact) mass is 230 g/mol. The molecule has 0 atom stereocenters. The first kappa shape index (κ1) is 9.91. The molecule has 0 radical (unpaired) electrons. The molecule has 0 aromatic carbocycles. The van der Waals surface area contributed by atoms with Gasteiger partial charge in [-0.05, 0) is 24.0 Å². The minimum Gasteiger partial charge on any atom is -0.477 e. The Balaban J connectivity index is 2.72. The molecule has 0 bridgehead atoms. The second-order valence-corrected chi connectivity index (χ2v) is 5.05. The van der Waals surface area contributed by atoms with Crippen molar-refractivity contribution in [1.82, 2.24) is 0 Å². The number of allylic oxidation sites excluding steroid dienone is 2. The molecule has 1 saturated carbocycles. The Hall–Kier alpha value is -1.63. The lowest BCUT2D eigenvalue weighted by Gasteiger charge is -2.17. The van der Waals surface area contributed by atoms with Crippen molar-refractivity contribution >= 4 is 21.8 Å². The molecule has 1 heterocycles. The fourth-order valence-corrected chi connectivity index (χ4v) is 3.55. The van der Waals surface area contributed by atoms with Crippen LogP contribution in [0.25, 0.3) is 0 Å². The summed E-state index contributed by atoms with van der Waals surface area (Å²) in [4.78, 5) is 19.9. The van der Waals surface area contributed by atoms with Gasteiger partial charge < -0.3 is 10.2 Å². The van der Waals surface area contributed by atoms with Crippen LogP contribution in [0.1, 0.15) is 12.8 Å². The number of hydrogen-bond donors (Lipinski definition) is 2. The molecule has 7 heteroatoms. The zero-order chi connectivity index (χ0) is 11.4. The average molecular weight is 230 g/mol. The smallest absolute Gasteiger partial charge is 0.348 e. The van der Waals surface area contributed by atoms with Gasteiger partial charge in [0, 0.05) is 0 Å². The number of carboxylic acids is 2. The first-order valence-corrected chi connectivity index (χ1v) is 5.54. The van der Waals surface area contributed by atoms with Gasteiger partial charge in [0.2, 0.25) is 9.84 Å². The maximum absolute atomic E-state index is 11.6. The van der Waals surface area contributed by atoms with Gasteiger partial charge in [-0.25, -0.2) is 18.0 Å². The molecule has 6 nitrogen and oxygen atoms in total. The van der Waals surface area contributed by atoms with Crippen molar-refractivity contribution in [3.8, 4) is 0 Å². The summed E-state index contributed by atoms with van der Waals surface area (Å²) in [5.74, 6) is -3.17. The molecule has 1 aliphatic heterocycles. The molecule has 1 aliphatic carbocycles. The van der Waals surface area contributed by atoms with Crippen LogP contribution in [-0.2, 0) is 19.4 Å². The molecular weight excluding hydrogens is 224 g/mol. The van der Waals surface area contributed by atoms with Gasteiger partial charge in [-0.1, -0.05) is 0 Å². The third kappa shape index (κ3) is 1.06. The average Bonchev–Trinajstić information content (AvgIpc) is 2.19. The van der Waals surface area contributed by atoms with E-state index in [1.807, 2.05) is 0 Å². The largest absolute Gasteiger partial charge is 0.477 e. The van der Waals surface area contributed by atoms with Gasteiger partial charge in [0.05, 0.1) is 0 Å². The molecule has 0 amide bonds. The summed E-state index contributed by atoms with van der Waals surface area (Å²) in [5.41, 5.74) is 0.305. The summed E-state index contributed by atoms with van der Waals surface area (Å²) in [6, 6.07) is 0. The maximum Gasteiger partial charge on any atom is 0.348 e. The van der Waals surface area contributed by atoms with Gasteiger partial charge in [-0.2, -0.15) is 0 Å². The Morgan fingerprint density at radius 3 is 1.40 bits per heavy atom. The van der Waals surface area contributed by atoms with E-state index in [1.165, 1.54) is 0 Å². The second kappa shape index (κ2) is 2.69. The van der Waals surface area contributed by atoms with Crippen LogP contribution in [0.4, 0.5) is 0 Å². The maximum atomic E-state index is 11.6. The number of carbonyl (C=O) groups is 2. The lowest BCUT2D eigenvalue weighted by Crippen LogP contribution is -2.16. The summed E-state index contributed by atoms with van der Waals surface area (Å²) in [5, 5.41) is 17.4. The van der Waals surface area contributed by atoms with E-state index in [0.29, 0.717) is 12.8 Å². The molecule has 0 unspecified atom stereocenters. The Morgan fingerprint density at radius 1 is 0.933 bits per heavy atom. The van der Waals surface area contributed by atoms with Crippen molar-refractivity contribution in [3.63, 3.8) is 0 Å². The molecule has 2 N–H and O–H groups in total. The van der Waals surface area contributed by atoms with Crippen LogP contribution >= 0.6 is 0 Å². The fraction of sp³-hybridized carbons (Fsp3) is 0.250. The van der Waals surface area contributed by atoms with Crippen LogP contribution in [0.2, 0.25) is 0 Å². The number of hydrogen-bond acceptors (Lipinski definition) is 4. The molecule has 0 spiro atoms. The van der Waals surface area contributed by atoms with E-state index in [9.17, 15) is 18.0 Å². The van der Waals surface area contributed by atoms with Gasteiger partial charge in [-0.15, -0.1) is 0 Å². The Bertz CT molecular complexity index is 504. The van der Waals surface area contributed by atoms with Gasteiger partial charge in [0.25, 0.3) is 0 Å². The summed E-state index contributed by atoms with van der Waals surface area (Å²) in [6.45, 7) is 0. The zero-order valence-electron chi connectivity index (χ0n) is 7.35. The molecular formula is C8H6O6S. The van der Waals surface area contributed by atoms with Crippen molar-refractivity contribution in [2.45, 2.75) is 12.8 Å². The SMILES string of the molecule is O=C(O)C1=C2CCC2=C(C(=O)O)S1(=O)=O. The zero-order valence-corrected chi connectivity index (χ0v) is 8.17. The van der Waals surface area contributed by atoms with E-state index < -0.39 is 31.6 Å². The Morgan fingerprint density at radius 2 is 1.27 bits per heavy atom. The first-order chi connectivity index (χ1) is 6.87. The van der Waals surface area contributed by atoms with Gasteiger partial charge in [-0.3, -0.25) is 0 Å². The van der Waals surface area contributed by atoms with E-state index in [-0.39, 0.29) is 11.1 Å². The lowest BCUT2D eigenvalue weighted by molar-refractivity contribution is -0.132. The Kier molecular flexibility index (Phi) is 1.78. The van der Waals surface area contributed by atoms with Crippen molar-refractivity contribution in [2.75, 3.05) is 0 Å². The van der Waals surface area contributed by atoms with Crippen molar-refractivity contribution in [3.05, 3.63) is 21.0 Å². The molecule has 80 valence electrons. The quantitative estimate of drug-likeness (QED) is 0.684. The van der Waals surface area contributed by atoms with Crippen molar-refractivity contribution < 1.29 is 28.2 Å². The van der Waals surface area contributed by atoms with Crippen LogP contribution in [-0.4, -0.2) is 30.6 Å². The molecule has 0 aromatic heterocycles.